The van der Waals surface area contributed by atoms with Crippen molar-refractivity contribution in [3.63, 3.8) is 0 Å². The zero-order valence-corrected chi connectivity index (χ0v) is 18.6. The van der Waals surface area contributed by atoms with Crippen LogP contribution >= 0.6 is 27.5 Å². The summed E-state index contributed by atoms with van der Waals surface area (Å²) in [6.07, 6.45) is 0. The predicted molar refractivity (Wildman–Crippen MR) is 123 cm³/mol. The van der Waals surface area contributed by atoms with E-state index in [9.17, 15) is 4.79 Å². The molecule has 0 aromatic heterocycles. The van der Waals surface area contributed by atoms with Gasteiger partial charge in [0.05, 0.1) is 4.47 Å². The molecule has 0 saturated carbocycles. The highest BCUT2D eigenvalue weighted by atomic mass is 79.9. The van der Waals surface area contributed by atoms with Gasteiger partial charge in [0.2, 0.25) is 0 Å². The number of benzene rings is 3. The molecule has 0 aliphatic heterocycles. The number of aryl methyl sites for hydroxylation is 2. The molecule has 0 unspecified atom stereocenters. The lowest BCUT2D eigenvalue weighted by molar-refractivity contribution is -0.118. The van der Waals surface area contributed by atoms with Crippen molar-refractivity contribution in [2.75, 3.05) is 17.2 Å². The number of para-hydroxylation sites is 1. The highest BCUT2D eigenvalue weighted by Crippen LogP contribution is 2.27. The van der Waals surface area contributed by atoms with E-state index >= 15 is 0 Å². The first-order valence-electron chi connectivity index (χ1n) is 9.19. The van der Waals surface area contributed by atoms with Gasteiger partial charge in [0, 0.05) is 22.9 Å². The number of nitrogens with one attached hydrogen (secondary N) is 2. The number of hydrogen-bond donors (Lipinski definition) is 2. The Balaban J connectivity index is 1.54. The van der Waals surface area contributed by atoms with Crippen LogP contribution in [0, 0.1) is 13.8 Å². The van der Waals surface area contributed by atoms with Crippen molar-refractivity contribution < 1.29 is 9.53 Å². The van der Waals surface area contributed by atoms with Crippen molar-refractivity contribution in [2.24, 2.45) is 0 Å². The Morgan fingerprint density at radius 2 is 1.83 bits per heavy atom. The van der Waals surface area contributed by atoms with Gasteiger partial charge in [-0.1, -0.05) is 41.9 Å². The normalized spacial score (nSPS) is 10.5. The van der Waals surface area contributed by atoms with Gasteiger partial charge in [0.1, 0.15) is 5.75 Å². The van der Waals surface area contributed by atoms with Gasteiger partial charge in [-0.05, 0) is 76.8 Å². The SMILES string of the molecule is Cc1ccc(NCc2ccc(OCC(=O)Nc3ccccc3C)c(Br)c2)cc1Cl. The van der Waals surface area contributed by atoms with Crippen LogP contribution in [0.1, 0.15) is 16.7 Å². The maximum Gasteiger partial charge on any atom is 0.262 e. The van der Waals surface area contributed by atoms with Crippen LogP contribution in [-0.4, -0.2) is 12.5 Å². The summed E-state index contributed by atoms with van der Waals surface area (Å²) in [6, 6.07) is 19.3. The molecule has 1 amide bonds. The number of hydrogen-bond acceptors (Lipinski definition) is 3. The molecule has 0 radical (unpaired) electrons. The van der Waals surface area contributed by atoms with Crippen LogP contribution in [0.3, 0.4) is 0 Å². The van der Waals surface area contributed by atoms with Crippen molar-refractivity contribution in [1.82, 2.24) is 0 Å². The molecule has 0 heterocycles. The van der Waals surface area contributed by atoms with Gasteiger partial charge >= 0.3 is 0 Å². The van der Waals surface area contributed by atoms with E-state index in [1.807, 2.05) is 74.5 Å². The molecule has 0 aliphatic rings. The topological polar surface area (TPSA) is 50.4 Å². The molecule has 0 aliphatic carbocycles. The fourth-order valence-electron chi connectivity index (χ4n) is 2.72. The standard InChI is InChI=1S/C23H22BrClN2O2/c1-15-7-9-18(12-20(15)25)26-13-17-8-10-22(19(24)11-17)29-14-23(28)27-21-6-4-3-5-16(21)2/h3-12,26H,13-14H2,1-2H3,(H,27,28). The van der Waals surface area contributed by atoms with Crippen LogP contribution < -0.4 is 15.4 Å². The minimum atomic E-state index is -0.201. The Bertz CT molecular complexity index is 1020. The monoisotopic (exact) mass is 472 g/mol. The first-order valence-corrected chi connectivity index (χ1v) is 10.4. The predicted octanol–water partition coefficient (Wildman–Crippen LogP) is 6.35. The Morgan fingerprint density at radius 3 is 2.55 bits per heavy atom. The van der Waals surface area contributed by atoms with Crippen molar-refractivity contribution in [2.45, 2.75) is 20.4 Å². The molecular weight excluding hydrogens is 452 g/mol. The minimum absolute atomic E-state index is 0.0631. The van der Waals surface area contributed by atoms with Gasteiger partial charge in [-0.2, -0.15) is 0 Å². The van der Waals surface area contributed by atoms with Gasteiger partial charge in [0.25, 0.3) is 5.91 Å². The molecule has 4 nitrogen and oxygen atoms in total. The van der Waals surface area contributed by atoms with Gasteiger partial charge in [-0.25, -0.2) is 0 Å². The summed E-state index contributed by atoms with van der Waals surface area (Å²) in [7, 11) is 0. The van der Waals surface area contributed by atoms with Gasteiger partial charge in [0.15, 0.2) is 6.61 Å². The first kappa shape index (κ1) is 21.2. The van der Waals surface area contributed by atoms with Crippen LogP contribution in [-0.2, 0) is 11.3 Å². The second kappa shape index (κ2) is 9.81. The number of anilines is 2. The van der Waals surface area contributed by atoms with Crippen molar-refractivity contribution in [1.29, 1.82) is 0 Å². The van der Waals surface area contributed by atoms with E-state index < -0.39 is 0 Å². The Kier molecular flexibility index (Phi) is 7.18. The highest BCUT2D eigenvalue weighted by molar-refractivity contribution is 9.10. The number of halogens is 2. The number of carbonyl (C=O) groups excluding carboxylic acids is 1. The van der Waals surface area contributed by atoms with E-state index in [1.165, 1.54) is 0 Å². The molecule has 0 atom stereocenters. The fraction of sp³-hybridized carbons (Fsp3) is 0.174. The Hall–Kier alpha value is -2.50. The largest absolute Gasteiger partial charge is 0.483 e. The van der Waals surface area contributed by atoms with E-state index in [1.54, 1.807) is 0 Å². The summed E-state index contributed by atoms with van der Waals surface area (Å²) in [6.45, 7) is 4.51. The quantitative estimate of drug-likeness (QED) is 0.420. The Morgan fingerprint density at radius 1 is 1.03 bits per heavy atom. The molecule has 3 aromatic carbocycles. The lowest BCUT2D eigenvalue weighted by Gasteiger charge is -2.12. The Labute approximate surface area is 184 Å². The maximum atomic E-state index is 12.2. The number of amides is 1. The van der Waals surface area contributed by atoms with Gasteiger partial charge < -0.3 is 15.4 Å². The third-order valence-electron chi connectivity index (χ3n) is 4.44. The molecule has 150 valence electrons. The van der Waals surface area contributed by atoms with Gasteiger partial charge in [-0.15, -0.1) is 0 Å². The van der Waals surface area contributed by atoms with Crippen LogP contribution in [0.2, 0.25) is 5.02 Å². The molecule has 3 rings (SSSR count). The van der Waals surface area contributed by atoms with Crippen molar-refractivity contribution >= 4 is 44.8 Å². The first-order chi connectivity index (χ1) is 13.9. The highest BCUT2D eigenvalue weighted by Gasteiger charge is 2.08. The maximum absolute atomic E-state index is 12.2. The van der Waals surface area contributed by atoms with Crippen LogP contribution in [0.5, 0.6) is 5.75 Å². The van der Waals surface area contributed by atoms with E-state index in [0.29, 0.717) is 12.3 Å². The smallest absolute Gasteiger partial charge is 0.262 e. The van der Waals surface area contributed by atoms with Crippen molar-refractivity contribution in [3.05, 3.63) is 86.8 Å². The van der Waals surface area contributed by atoms with Crippen LogP contribution in [0.25, 0.3) is 0 Å². The van der Waals surface area contributed by atoms with Crippen LogP contribution in [0.4, 0.5) is 11.4 Å². The van der Waals surface area contributed by atoms with E-state index in [-0.39, 0.29) is 12.5 Å². The summed E-state index contributed by atoms with van der Waals surface area (Å²) in [4.78, 5) is 12.2. The average molecular weight is 474 g/mol. The lowest BCUT2D eigenvalue weighted by Crippen LogP contribution is -2.20. The van der Waals surface area contributed by atoms with E-state index in [2.05, 4.69) is 26.6 Å². The average Bonchev–Trinajstić information content (AvgIpc) is 2.70. The third-order valence-corrected chi connectivity index (χ3v) is 5.47. The zero-order chi connectivity index (χ0) is 20.8. The summed E-state index contributed by atoms with van der Waals surface area (Å²) in [5, 5.41) is 6.95. The number of carbonyl (C=O) groups is 1. The number of ether oxygens (including phenoxy) is 1. The summed E-state index contributed by atoms with van der Waals surface area (Å²) < 4.78 is 6.45. The minimum Gasteiger partial charge on any atom is -0.483 e. The molecule has 6 heteroatoms. The fourth-order valence-corrected chi connectivity index (χ4v) is 3.44. The molecule has 29 heavy (non-hydrogen) atoms. The zero-order valence-electron chi connectivity index (χ0n) is 16.3. The van der Waals surface area contributed by atoms with Crippen LogP contribution in [0.15, 0.2) is 65.1 Å². The molecule has 2 N–H and O–H groups in total. The third kappa shape index (κ3) is 5.99. The lowest BCUT2D eigenvalue weighted by atomic mass is 10.2. The van der Waals surface area contributed by atoms with E-state index in [0.717, 1.165) is 37.6 Å². The number of rotatable bonds is 7. The van der Waals surface area contributed by atoms with Crippen molar-refractivity contribution in [3.8, 4) is 5.75 Å². The summed E-state index contributed by atoms with van der Waals surface area (Å²) >= 11 is 9.68. The molecular formula is C23H22BrClN2O2. The molecule has 0 fully saturated rings. The molecule has 0 spiro atoms. The summed E-state index contributed by atoms with van der Waals surface area (Å²) in [5.41, 5.74) is 4.88. The van der Waals surface area contributed by atoms with Gasteiger partial charge in [-0.3, -0.25) is 4.79 Å². The molecule has 3 aromatic rings. The second-order valence-electron chi connectivity index (χ2n) is 6.73. The second-order valence-corrected chi connectivity index (χ2v) is 8.00. The summed E-state index contributed by atoms with van der Waals surface area (Å²) in [5.74, 6) is 0.417. The molecule has 0 bridgehead atoms. The molecule has 0 saturated heterocycles. The van der Waals surface area contributed by atoms with E-state index in [4.69, 9.17) is 16.3 Å².